The SMILES string of the molecule is COc1ccc(NC(=O)c2n[nH]c(C)c2N)cc1F. The maximum absolute atomic E-state index is 13.5. The van der Waals surface area contributed by atoms with Crippen molar-refractivity contribution in [3.05, 3.63) is 35.4 Å². The topological polar surface area (TPSA) is 93.0 Å². The minimum atomic E-state index is -0.563. The van der Waals surface area contributed by atoms with Crippen molar-refractivity contribution in [1.82, 2.24) is 10.2 Å². The molecule has 100 valence electrons. The lowest BCUT2D eigenvalue weighted by Gasteiger charge is -2.06. The molecule has 0 atom stereocenters. The van der Waals surface area contributed by atoms with Crippen LogP contribution in [0.25, 0.3) is 0 Å². The molecule has 19 heavy (non-hydrogen) atoms. The van der Waals surface area contributed by atoms with Crippen LogP contribution in [0.3, 0.4) is 0 Å². The van der Waals surface area contributed by atoms with Crippen LogP contribution in [0.1, 0.15) is 16.2 Å². The van der Waals surface area contributed by atoms with E-state index in [1.165, 1.54) is 19.2 Å². The van der Waals surface area contributed by atoms with Crippen molar-refractivity contribution in [2.75, 3.05) is 18.2 Å². The van der Waals surface area contributed by atoms with Crippen molar-refractivity contribution < 1.29 is 13.9 Å². The average molecular weight is 264 g/mol. The van der Waals surface area contributed by atoms with Crippen LogP contribution in [0.2, 0.25) is 0 Å². The van der Waals surface area contributed by atoms with Gasteiger partial charge in [-0.05, 0) is 19.1 Å². The molecule has 2 aromatic rings. The zero-order chi connectivity index (χ0) is 14.0. The molecule has 7 heteroatoms. The fraction of sp³-hybridized carbons (Fsp3) is 0.167. The Morgan fingerprint density at radius 2 is 2.26 bits per heavy atom. The summed E-state index contributed by atoms with van der Waals surface area (Å²) < 4.78 is 18.3. The molecular weight excluding hydrogens is 251 g/mol. The fourth-order valence-corrected chi connectivity index (χ4v) is 1.55. The number of nitrogens with zero attached hydrogens (tertiary/aromatic N) is 1. The third-order valence-corrected chi connectivity index (χ3v) is 2.62. The van der Waals surface area contributed by atoms with Gasteiger partial charge in [0.25, 0.3) is 5.91 Å². The summed E-state index contributed by atoms with van der Waals surface area (Å²) in [7, 11) is 1.36. The number of ether oxygens (including phenoxy) is 1. The van der Waals surface area contributed by atoms with E-state index < -0.39 is 11.7 Å². The number of hydrogen-bond donors (Lipinski definition) is 3. The Morgan fingerprint density at radius 1 is 1.53 bits per heavy atom. The number of amides is 1. The highest BCUT2D eigenvalue weighted by molar-refractivity contribution is 6.06. The Labute approximate surface area is 108 Å². The number of aromatic amines is 1. The van der Waals surface area contributed by atoms with Gasteiger partial charge >= 0.3 is 0 Å². The van der Waals surface area contributed by atoms with Crippen LogP contribution < -0.4 is 15.8 Å². The lowest BCUT2D eigenvalue weighted by Crippen LogP contribution is -2.14. The predicted octanol–water partition coefficient (Wildman–Crippen LogP) is 1.70. The Morgan fingerprint density at radius 3 is 2.79 bits per heavy atom. The zero-order valence-corrected chi connectivity index (χ0v) is 10.5. The highest BCUT2D eigenvalue weighted by Crippen LogP contribution is 2.21. The first kappa shape index (κ1) is 12.9. The molecule has 0 radical (unpaired) electrons. The molecule has 1 amide bonds. The molecular formula is C12H13FN4O2. The van der Waals surface area contributed by atoms with Gasteiger partial charge in [-0.2, -0.15) is 5.10 Å². The van der Waals surface area contributed by atoms with E-state index >= 15 is 0 Å². The van der Waals surface area contributed by atoms with E-state index in [2.05, 4.69) is 15.5 Å². The average Bonchev–Trinajstić information content (AvgIpc) is 2.70. The molecule has 1 heterocycles. The second-order valence-corrected chi connectivity index (χ2v) is 3.91. The summed E-state index contributed by atoms with van der Waals surface area (Å²) in [4.78, 5) is 11.9. The Hall–Kier alpha value is -2.57. The second kappa shape index (κ2) is 4.97. The number of aryl methyl sites for hydroxylation is 1. The van der Waals surface area contributed by atoms with Crippen LogP contribution in [-0.4, -0.2) is 23.2 Å². The highest BCUT2D eigenvalue weighted by Gasteiger charge is 2.16. The number of nitrogens with two attached hydrogens (primary N) is 1. The monoisotopic (exact) mass is 264 g/mol. The summed E-state index contributed by atoms with van der Waals surface area (Å²) in [6.07, 6.45) is 0. The molecule has 0 aliphatic heterocycles. The number of anilines is 2. The van der Waals surface area contributed by atoms with Crippen LogP contribution in [0, 0.1) is 12.7 Å². The van der Waals surface area contributed by atoms with E-state index in [0.29, 0.717) is 11.4 Å². The van der Waals surface area contributed by atoms with Gasteiger partial charge in [0.05, 0.1) is 18.5 Å². The van der Waals surface area contributed by atoms with Gasteiger partial charge in [-0.1, -0.05) is 0 Å². The van der Waals surface area contributed by atoms with E-state index in [0.717, 1.165) is 6.07 Å². The predicted molar refractivity (Wildman–Crippen MR) is 68.6 cm³/mol. The van der Waals surface area contributed by atoms with Crippen LogP contribution >= 0.6 is 0 Å². The maximum Gasteiger partial charge on any atom is 0.278 e. The normalized spacial score (nSPS) is 10.3. The number of H-pyrrole nitrogens is 1. The summed E-state index contributed by atoms with van der Waals surface area (Å²) in [6, 6.07) is 4.10. The third-order valence-electron chi connectivity index (χ3n) is 2.62. The maximum atomic E-state index is 13.5. The number of methoxy groups -OCH3 is 1. The zero-order valence-electron chi connectivity index (χ0n) is 10.5. The third kappa shape index (κ3) is 2.49. The van der Waals surface area contributed by atoms with E-state index in [-0.39, 0.29) is 17.1 Å². The molecule has 0 saturated carbocycles. The second-order valence-electron chi connectivity index (χ2n) is 3.91. The van der Waals surface area contributed by atoms with Gasteiger partial charge in [0.15, 0.2) is 17.3 Å². The molecule has 0 aliphatic carbocycles. The van der Waals surface area contributed by atoms with E-state index in [1.54, 1.807) is 6.92 Å². The van der Waals surface area contributed by atoms with Gasteiger partial charge in [-0.3, -0.25) is 9.89 Å². The van der Waals surface area contributed by atoms with E-state index in [9.17, 15) is 9.18 Å². The molecule has 0 aliphatic rings. The van der Waals surface area contributed by atoms with Crippen molar-refractivity contribution in [2.45, 2.75) is 6.92 Å². The number of nitrogens with one attached hydrogen (secondary N) is 2. The van der Waals surface area contributed by atoms with Crippen molar-refractivity contribution in [3.8, 4) is 5.75 Å². The van der Waals surface area contributed by atoms with Gasteiger partial charge in [0.2, 0.25) is 0 Å². The molecule has 0 saturated heterocycles. The summed E-state index contributed by atoms with van der Waals surface area (Å²) in [5.74, 6) is -0.967. The standard InChI is InChI=1S/C12H13FN4O2/c1-6-10(14)11(17-16-6)12(18)15-7-3-4-9(19-2)8(13)5-7/h3-5H,14H2,1-2H3,(H,15,18)(H,16,17). The number of hydrogen-bond acceptors (Lipinski definition) is 4. The first-order chi connectivity index (χ1) is 9.02. The van der Waals surface area contributed by atoms with Gasteiger partial charge in [0, 0.05) is 11.8 Å². The minimum Gasteiger partial charge on any atom is -0.494 e. The summed E-state index contributed by atoms with van der Waals surface area (Å²) in [5, 5.41) is 8.90. The van der Waals surface area contributed by atoms with Crippen LogP contribution in [-0.2, 0) is 0 Å². The first-order valence-electron chi connectivity index (χ1n) is 5.48. The smallest absolute Gasteiger partial charge is 0.278 e. The van der Waals surface area contributed by atoms with Gasteiger partial charge in [-0.25, -0.2) is 4.39 Å². The number of rotatable bonds is 3. The lowest BCUT2D eigenvalue weighted by molar-refractivity contribution is 0.102. The molecule has 2 rings (SSSR count). The fourth-order valence-electron chi connectivity index (χ4n) is 1.55. The van der Waals surface area contributed by atoms with Crippen molar-refractivity contribution in [3.63, 3.8) is 0 Å². The van der Waals surface area contributed by atoms with Crippen molar-refractivity contribution >= 4 is 17.3 Å². The van der Waals surface area contributed by atoms with Crippen LogP contribution in [0.5, 0.6) is 5.75 Å². The minimum absolute atomic E-state index is 0.0775. The summed E-state index contributed by atoms with van der Waals surface area (Å²) in [5.41, 5.74) is 6.93. The van der Waals surface area contributed by atoms with Crippen molar-refractivity contribution in [2.24, 2.45) is 0 Å². The van der Waals surface area contributed by atoms with Crippen molar-refractivity contribution in [1.29, 1.82) is 0 Å². The van der Waals surface area contributed by atoms with Crippen LogP contribution in [0.15, 0.2) is 18.2 Å². The molecule has 0 unspecified atom stereocenters. The molecule has 6 nitrogen and oxygen atoms in total. The van der Waals surface area contributed by atoms with E-state index in [4.69, 9.17) is 10.5 Å². The molecule has 0 bridgehead atoms. The Balaban J connectivity index is 2.19. The molecule has 0 fully saturated rings. The Kier molecular flexibility index (Phi) is 3.37. The quantitative estimate of drug-likeness (QED) is 0.786. The van der Waals surface area contributed by atoms with Gasteiger partial charge in [0.1, 0.15) is 0 Å². The van der Waals surface area contributed by atoms with Gasteiger partial charge in [-0.15, -0.1) is 0 Å². The number of carbonyl (C=O) groups excluding carboxylic acids is 1. The number of benzene rings is 1. The Bertz CT molecular complexity index is 624. The molecule has 0 spiro atoms. The molecule has 4 N–H and O–H groups in total. The number of halogens is 1. The number of carbonyl (C=O) groups is 1. The molecule has 1 aromatic carbocycles. The summed E-state index contributed by atoms with van der Waals surface area (Å²) >= 11 is 0. The first-order valence-corrected chi connectivity index (χ1v) is 5.48. The highest BCUT2D eigenvalue weighted by atomic mass is 19.1. The lowest BCUT2D eigenvalue weighted by atomic mass is 10.2. The largest absolute Gasteiger partial charge is 0.494 e. The number of aromatic nitrogens is 2. The van der Waals surface area contributed by atoms with E-state index in [1.807, 2.05) is 0 Å². The molecule has 1 aromatic heterocycles. The summed E-state index contributed by atoms with van der Waals surface area (Å²) in [6.45, 7) is 1.70. The van der Waals surface area contributed by atoms with Crippen LogP contribution in [0.4, 0.5) is 15.8 Å². The number of nitrogen functional groups attached to an aromatic ring is 1. The van der Waals surface area contributed by atoms with Gasteiger partial charge < -0.3 is 15.8 Å².